The number of benzene rings is 1. The predicted molar refractivity (Wildman–Crippen MR) is 112 cm³/mol. The van der Waals surface area contributed by atoms with E-state index in [1.54, 1.807) is 35.8 Å². The third kappa shape index (κ3) is 7.34. The number of rotatable bonds is 10. The van der Waals surface area contributed by atoms with E-state index in [1.807, 2.05) is 0 Å². The molecular weight excluding hydrogens is 423 g/mol. The minimum atomic E-state index is -0.378. The first kappa shape index (κ1) is 22.2. The van der Waals surface area contributed by atoms with Crippen LogP contribution in [0.25, 0.3) is 0 Å². The molecule has 162 valence electrons. The quantitative estimate of drug-likeness (QED) is 0.500. The first-order valence-corrected chi connectivity index (χ1v) is 10.4. The minimum Gasteiger partial charge on any atom is -0.467 e. The number of carbonyl (C=O) groups excluding carboxylic acids is 3. The smallest absolute Gasteiger partial charge is 0.239 e. The molecule has 0 bridgehead atoms. The zero-order chi connectivity index (χ0) is 22.1. The van der Waals surface area contributed by atoms with E-state index in [9.17, 15) is 18.8 Å². The summed E-state index contributed by atoms with van der Waals surface area (Å²) in [6.07, 6.45) is 2.95. The van der Waals surface area contributed by atoms with E-state index < -0.39 is 0 Å². The number of amides is 3. The number of nitrogens with zero attached hydrogens (tertiary/aromatic N) is 2. The van der Waals surface area contributed by atoms with Crippen LogP contribution in [0.5, 0.6) is 0 Å². The van der Waals surface area contributed by atoms with Crippen molar-refractivity contribution in [3.8, 4) is 0 Å². The molecule has 0 aliphatic carbocycles. The molecule has 1 aromatic carbocycles. The lowest BCUT2D eigenvalue weighted by Crippen LogP contribution is -2.40. The van der Waals surface area contributed by atoms with E-state index in [-0.39, 0.29) is 56.0 Å². The zero-order valence-corrected chi connectivity index (χ0v) is 17.4. The monoisotopic (exact) mass is 444 g/mol. The molecule has 0 saturated carbocycles. The standard InChI is InChI=1S/C21H21FN4O4S/c22-16-5-3-15(4-6-16)12-24-19(28)14-26(13-17-2-1-10-30-17)20(29)8-7-18(27)25-21-23-9-11-31-21/h1-6,9-11H,7-8,12-14H2,(H,24,28)(H,23,25,27). The number of hydrogen-bond acceptors (Lipinski definition) is 6. The lowest BCUT2D eigenvalue weighted by molar-refractivity contribution is -0.137. The van der Waals surface area contributed by atoms with Gasteiger partial charge in [0.15, 0.2) is 5.13 Å². The van der Waals surface area contributed by atoms with Gasteiger partial charge in [0, 0.05) is 31.0 Å². The van der Waals surface area contributed by atoms with Crippen LogP contribution in [0.2, 0.25) is 0 Å². The molecule has 31 heavy (non-hydrogen) atoms. The molecule has 0 fully saturated rings. The van der Waals surface area contributed by atoms with E-state index in [0.29, 0.717) is 10.9 Å². The maximum Gasteiger partial charge on any atom is 0.239 e. The summed E-state index contributed by atoms with van der Waals surface area (Å²) < 4.78 is 18.3. The average molecular weight is 444 g/mol. The average Bonchev–Trinajstić information content (AvgIpc) is 3.45. The van der Waals surface area contributed by atoms with Gasteiger partial charge in [-0.2, -0.15) is 0 Å². The summed E-state index contributed by atoms with van der Waals surface area (Å²) in [7, 11) is 0. The number of anilines is 1. The molecule has 2 aromatic heterocycles. The Morgan fingerprint density at radius 3 is 2.58 bits per heavy atom. The highest BCUT2D eigenvalue weighted by molar-refractivity contribution is 7.13. The number of thiazole rings is 1. The summed E-state index contributed by atoms with van der Waals surface area (Å²) in [6.45, 7) is 0.108. The first-order chi connectivity index (χ1) is 15.0. The van der Waals surface area contributed by atoms with Gasteiger partial charge in [0.2, 0.25) is 17.7 Å². The number of halogens is 1. The Labute approximate surface area is 182 Å². The highest BCUT2D eigenvalue weighted by Crippen LogP contribution is 2.12. The molecule has 2 heterocycles. The van der Waals surface area contributed by atoms with E-state index in [1.165, 1.54) is 34.6 Å². The Hall–Kier alpha value is -3.53. The second-order valence-corrected chi connectivity index (χ2v) is 7.51. The van der Waals surface area contributed by atoms with Crippen LogP contribution in [0.15, 0.2) is 58.7 Å². The normalized spacial score (nSPS) is 10.5. The third-order valence-corrected chi connectivity index (χ3v) is 4.95. The summed E-state index contributed by atoms with van der Waals surface area (Å²) in [5.41, 5.74) is 0.734. The van der Waals surface area contributed by atoms with Gasteiger partial charge in [-0.05, 0) is 29.8 Å². The van der Waals surface area contributed by atoms with Crippen LogP contribution in [0.1, 0.15) is 24.2 Å². The van der Waals surface area contributed by atoms with Crippen molar-refractivity contribution in [1.29, 1.82) is 0 Å². The van der Waals surface area contributed by atoms with Gasteiger partial charge in [0.05, 0.1) is 19.4 Å². The molecule has 0 radical (unpaired) electrons. The fourth-order valence-electron chi connectivity index (χ4n) is 2.70. The van der Waals surface area contributed by atoms with Crippen molar-refractivity contribution in [2.24, 2.45) is 0 Å². The minimum absolute atomic E-state index is 0.0374. The summed E-state index contributed by atoms with van der Waals surface area (Å²) >= 11 is 1.28. The Kier molecular flexibility index (Phi) is 7.88. The van der Waals surface area contributed by atoms with Crippen molar-refractivity contribution in [1.82, 2.24) is 15.2 Å². The van der Waals surface area contributed by atoms with Gasteiger partial charge < -0.3 is 20.0 Å². The fourth-order valence-corrected chi connectivity index (χ4v) is 3.25. The van der Waals surface area contributed by atoms with Gasteiger partial charge in [-0.1, -0.05) is 12.1 Å². The van der Waals surface area contributed by atoms with E-state index >= 15 is 0 Å². The highest BCUT2D eigenvalue weighted by Gasteiger charge is 2.20. The molecule has 3 amide bonds. The second-order valence-electron chi connectivity index (χ2n) is 6.62. The SMILES string of the molecule is O=C(CN(Cc1ccco1)C(=O)CCC(=O)Nc1nccs1)NCc1ccc(F)cc1. The number of aromatic nitrogens is 1. The van der Waals surface area contributed by atoms with Crippen LogP contribution in [0.4, 0.5) is 9.52 Å². The zero-order valence-electron chi connectivity index (χ0n) is 16.5. The topological polar surface area (TPSA) is 105 Å². The fraction of sp³-hybridized carbons (Fsp3) is 0.238. The number of hydrogen-bond donors (Lipinski definition) is 2. The van der Waals surface area contributed by atoms with Crippen molar-refractivity contribution < 1.29 is 23.2 Å². The van der Waals surface area contributed by atoms with Gasteiger partial charge >= 0.3 is 0 Å². The third-order valence-electron chi connectivity index (χ3n) is 4.26. The molecule has 0 unspecified atom stereocenters. The summed E-state index contributed by atoms with van der Waals surface area (Å²) in [4.78, 5) is 42.4. The van der Waals surface area contributed by atoms with Crippen molar-refractivity contribution in [2.75, 3.05) is 11.9 Å². The Morgan fingerprint density at radius 2 is 1.90 bits per heavy atom. The molecule has 0 aliphatic rings. The van der Waals surface area contributed by atoms with Crippen LogP contribution >= 0.6 is 11.3 Å². The predicted octanol–water partition coefficient (Wildman–Crippen LogP) is 2.94. The molecule has 0 aliphatic heterocycles. The molecule has 2 N–H and O–H groups in total. The van der Waals surface area contributed by atoms with E-state index in [2.05, 4.69) is 15.6 Å². The van der Waals surface area contributed by atoms with Gasteiger partial charge in [-0.15, -0.1) is 11.3 Å². The van der Waals surface area contributed by atoms with Crippen LogP contribution in [-0.2, 0) is 27.5 Å². The van der Waals surface area contributed by atoms with Crippen LogP contribution in [-0.4, -0.2) is 34.2 Å². The van der Waals surface area contributed by atoms with Crippen molar-refractivity contribution in [3.63, 3.8) is 0 Å². The number of furan rings is 1. The maximum atomic E-state index is 13.0. The Bertz CT molecular complexity index is 991. The van der Waals surface area contributed by atoms with E-state index in [4.69, 9.17) is 4.42 Å². The molecule has 0 spiro atoms. The summed E-state index contributed by atoms with van der Waals surface area (Å²) in [5, 5.41) is 7.52. The van der Waals surface area contributed by atoms with Crippen LogP contribution in [0, 0.1) is 5.82 Å². The Balaban J connectivity index is 1.53. The summed E-state index contributed by atoms with van der Waals surface area (Å²) in [6, 6.07) is 9.15. The van der Waals surface area contributed by atoms with Gasteiger partial charge in [-0.25, -0.2) is 9.37 Å². The van der Waals surface area contributed by atoms with Gasteiger partial charge in [0.25, 0.3) is 0 Å². The lowest BCUT2D eigenvalue weighted by atomic mass is 10.2. The van der Waals surface area contributed by atoms with Crippen molar-refractivity contribution >= 4 is 34.2 Å². The maximum absolute atomic E-state index is 13.0. The second kappa shape index (κ2) is 11.0. The Morgan fingerprint density at radius 1 is 1.10 bits per heavy atom. The molecular formula is C21H21FN4O4S. The van der Waals surface area contributed by atoms with E-state index in [0.717, 1.165) is 5.56 Å². The number of carbonyl (C=O) groups is 3. The molecule has 3 aromatic rings. The first-order valence-electron chi connectivity index (χ1n) is 9.50. The van der Waals surface area contributed by atoms with Crippen LogP contribution < -0.4 is 10.6 Å². The van der Waals surface area contributed by atoms with Crippen LogP contribution in [0.3, 0.4) is 0 Å². The molecule has 10 heteroatoms. The number of nitrogens with one attached hydrogen (secondary N) is 2. The molecule has 8 nitrogen and oxygen atoms in total. The van der Waals surface area contributed by atoms with Crippen molar-refractivity contribution in [2.45, 2.75) is 25.9 Å². The molecule has 3 rings (SSSR count). The van der Waals surface area contributed by atoms with Crippen molar-refractivity contribution in [3.05, 3.63) is 71.4 Å². The molecule has 0 atom stereocenters. The largest absolute Gasteiger partial charge is 0.467 e. The molecule has 0 saturated heterocycles. The lowest BCUT2D eigenvalue weighted by Gasteiger charge is -2.21. The van der Waals surface area contributed by atoms with Gasteiger partial charge in [-0.3, -0.25) is 14.4 Å². The van der Waals surface area contributed by atoms with Gasteiger partial charge in [0.1, 0.15) is 11.6 Å². The summed E-state index contributed by atoms with van der Waals surface area (Å²) in [5.74, 6) is -0.905. The highest BCUT2D eigenvalue weighted by atomic mass is 32.1.